The Labute approximate surface area is 134 Å². The van der Waals surface area contributed by atoms with Crippen LogP contribution in [-0.2, 0) is 0 Å². The van der Waals surface area contributed by atoms with E-state index in [1.807, 2.05) is 17.5 Å². The summed E-state index contributed by atoms with van der Waals surface area (Å²) >= 11 is 1.48. The molecule has 0 aliphatic heterocycles. The lowest BCUT2D eigenvalue weighted by atomic mass is 10.3. The second-order valence-electron chi connectivity index (χ2n) is 4.99. The van der Waals surface area contributed by atoms with Gasteiger partial charge in [0.2, 0.25) is 5.95 Å². The lowest BCUT2D eigenvalue weighted by molar-refractivity contribution is 0.298. The van der Waals surface area contributed by atoms with Crippen LogP contribution in [0, 0.1) is 0 Å². The molecule has 0 spiro atoms. The number of H-pyrrole nitrogens is 1. The van der Waals surface area contributed by atoms with Crippen LogP contribution in [0.3, 0.4) is 0 Å². The van der Waals surface area contributed by atoms with Gasteiger partial charge in [0.15, 0.2) is 5.69 Å². The van der Waals surface area contributed by atoms with Gasteiger partial charge in [-0.15, -0.1) is 21.5 Å². The van der Waals surface area contributed by atoms with E-state index < -0.39 is 0 Å². The Bertz CT molecular complexity index is 607. The standard InChI is InChI=1S/C15H23N5OS/c1-3-20(4-2)10-6-5-9-16-15-17-14(21)13(18-19-15)12-8-7-11-22-12/h7-8,11H,3-6,9-10H2,1-2H3,(H2,16,17,19,21). The number of thiophene rings is 1. The van der Waals surface area contributed by atoms with Gasteiger partial charge in [-0.05, 0) is 43.9 Å². The number of rotatable bonds is 9. The number of nitrogens with zero attached hydrogens (tertiary/aromatic N) is 3. The zero-order valence-electron chi connectivity index (χ0n) is 13.1. The van der Waals surface area contributed by atoms with E-state index in [0.29, 0.717) is 11.6 Å². The molecule has 0 amide bonds. The van der Waals surface area contributed by atoms with Gasteiger partial charge in [0, 0.05) is 6.54 Å². The zero-order valence-corrected chi connectivity index (χ0v) is 13.9. The van der Waals surface area contributed by atoms with Crippen LogP contribution in [-0.4, -0.2) is 46.3 Å². The van der Waals surface area contributed by atoms with E-state index in [0.717, 1.165) is 43.9 Å². The van der Waals surface area contributed by atoms with Gasteiger partial charge in [-0.1, -0.05) is 19.9 Å². The average Bonchev–Trinajstić information content (AvgIpc) is 3.05. The van der Waals surface area contributed by atoms with Crippen molar-refractivity contribution in [1.82, 2.24) is 20.1 Å². The molecule has 2 N–H and O–H groups in total. The maximum atomic E-state index is 12.0. The summed E-state index contributed by atoms with van der Waals surface area (Å²) in [5, 5.41) is 13.1. The Morgan fingerprint density at radius 3 is 2.73 bits per heavy atom. The van der Waals surface area contributed by atoms with Crippen LogP contribution in [0.15, 0.2) is 22.3 Å². The van der Waals surface area contributed by atoms with E-state index in [4.69, 9.17) is 0 Å². The van der Waals surface area contributed by atoms with Crippen molar-refractivity contribution in [3.05, 3.63) is 27.9 Å². The number of aromatic nitrogens is 3. The highest BCUT2D eigenvalue weighted by atomic mass is 32.1. The van der Waals surface area contributed by atoms with Gasteiger partial charge in [-0.3, -0.25) is 9.78 Å². The van der Waals surface area contributed by atoms with E-state index in [9.17, 15) is 4.79 Å². The first-order valence-electron chi connectivity index (χ1n) is 7.71. The van der Waals surface area contributed by atoms with Crippen molar-refractivity contribution in [2.75, 3.05) is 31.5 Å². The molecule has 6 nitrogen and oxygen atoms in total. The third-order valence-corrected chi connectivity index (χ3v) is 4.42. The predicted molar refractivity (Wildman–Crippen MR) is 91.5 cm³/mol. The zero-order chi connectivity index (χ0) is 15.8. The molecule has 0 saturated carbocycles. The maximum absolute atomic E-state index is 12.0. The Morgan fingerprint density at radius 1 is 1.27 bits per heavy atom. The molecule has 7 heteroatoms. The minimum Gasteiger partial charge on any atom is -0.354 e. The van der Waals surface area contributed by atoms with Crippen molar-refractivity contribution in [1.29, 1.82) is 0 Å². The van der Waals surface area contributed by atoms with Crippen molar-refractivity contribution in [3.63, 3.8) is 0 Å². The lowest BCUT2D eigenvalue weighted by Gasteiger charge is -2.17. The van der Waals surface area contributed by atoms with E-state index in [-0.39, 0.29) is 5.56 Å². The molecule has 0 bridgehead atoms. The molecule has 2 aromatic heterocycles. The van der Waals surface area contributed by atoms with Gasteiger partial charge in [0.1, 0.15) is 0 Å². The fourth-order valence-corrected chi connectivity index (χ4v) is 2.90. The normalized spacial score (nSPS) is 11.0. The van der Waals surface area contributed by atoms with Crippen LogP contribution < -0.4 is 10.9 Å². The Morgan fingerprint density at radius 2 is 2.09 bits per heavy atom. The summed E-state index contributed by atoms with van der Waals surface area (Å²) < 4.78 is 0. The molecule has 0 atom stereocenters. The fraction of sp³-hybridized carbons (Fsp3) is 0.533. The molecule has 22 heavy (non-hydrogen) atoms. The van der Waals surface area contributed by atoms with Gasteiger partial charge in [0.05, 0.1) is 4.88 Å². The molecule has 0 aliphatic rings. The van der Waals surface area contributed by atoms with E-state index in [1.54, 1.807) is 0 Å². The molecular weight excluding hydrogens is 298 g/mol. The summed E-state index contributed by atoms with van der Waals surface area (Å²) in [4.78, 5) is 18.0. The summed E-state index contributed by atoms with van der Waals surface area (Å²) in [7, 11) is 0. The minimum atomic E-state index is -0.205. The first-order chi connectivity index (χ1) is 10.7. The number of nitrogens with one attached hydrogen (secondary N) is 2. The van der Waals surface area contributed by atoms with Crippen LogP contribution in [0.1, 0.15) is 26.7 Å². The second-order valence-corrected chi connectivity index (χ2v) is 5.94. The Balaban J connectivity index is 1.80. The van der Waals surface area contributed by atoms with Gasteiger partial charge in [-0.2, -0.15) is 0 Å². The van der Waals surface area contributed by atoms with Crippen LogP contribution in [0.2, 0.25) is 0 Å². The molecule has 2 heterocycles. The molecule has 2 rings (SSSR count). The summed E-state index contributed by atoms with van der Waals surface area (Å²) in [6, 6.07) is 3.76. The van der Waals surface area contributed by atoms with Gasteiger partial charge < -0.3 is 10.2 Å². The fourth-order valence-electron chi connectivity index (χ4n) is 2.20. The number of hydrogen-bond donors (Lipinski definition) is 2. The Hall–Kier alpha value is -1.73. The highest BCUT2D eigenvalue weighted by molar-refractivity contribution is 7.13. The molecule has 0 aromatic carbocycles. The average molecular weight is 321 g/mol. The first kappa shape index (κ1) is 16.6. The summed E-state index contributed by atoms with van der Waals surface area (Å²) in [6.07, 6.45) is 2.16. The van der Waals surface area contributed by atoms with Crippen LogP contribution >= 0.6 is 11.3 Å². The predicted octanol–water partition coefficient (Wildman–Crippen LogP) is 2.43. The van der Waals surface area contributed by atoms with Crippen LogP contribution in [0.5, 0.6) is 0 Å². The molecule has 2 aromatic rings. The second kappa shape index (κ2) is 8.65. The maximum Gasteiger partial charge on any atom is 0.279 e. The highest BCUT2D eigenvalue weighted by Gasteiger charge is 2.08. The first-order valence-corrected chi connectivity index (χ1v) is 8.59. The van der Waals surface area contributed by atoms with E-state index >= 15 is 0 Å². The van der Waals surface area contributed by atoms with Crippen molar-refractivity contribution in [3.8, 4) is 10.6 Å². The third-order valence-electron chi connectivity index (χ3n) is 3.54. The quantitative estimate of drug-likeness (QED) is 0.694. The molecule has 120 valence electrons. The summed E-state index contributed by atoms with van der Waals surface area (Å²) in [5.41, 5.74) is 0.171. The summed E-state index contributed by atoms with van der Waals surface area (Å²) in [5.74, 6) is 0.438. The largest absolute Gasteiger partial charge is 0.354 e. The number of hydrogen-bond acceptors (Lipinski definition) is 6. The van der Waals surface area contributed by atoms with Crippen molar-refractivity contribution >= 4 is 17.3 Å². The number of anilines is 1. The van der Waals surface area contributed by atoms with Crippen LogP contribution in [0.4, 0.5) is 5.95 Å². The van der Waals surface area contributed by atoms with E-state index in [2.05, 4.69) is 39.2 Å². The molecular formula is C15H23N5OS. The van der Waals surface area contributed by atoms with Crippen molar-refractivity contribution in [2.45, 2.75) is 26.7 Å². The molecule has 0 saturated heterocycles. The van der Waals surface area contributed by atoms with Crippen molar-refractivity contribution < 1.29 is 0 Å². The smallest absolute Gasteiger partial charge is 0.279 e. The SMILES string of the molecule is CCN(CC)CCCCNc1nnc(-c2cccs2)c(=O)[nH]1. The third kappa shape index (κ3) is 4.64. The highest BCUT2D eigenvalue weighted by Crippen LogP contribution is 2.18. The molecule has 0 radical (unpaired) electrons. The van der Waals surface area contributed by atoms with Crippen molar-refractivity contribution in [2.24, 2.45) is 0 Å². The topological polar surface area (TPSA) is 73.9 Å². The van der Waals surface area contributed by atoms with Gasteiger partial charge >= 0.3 is 0 Å². The van der Waals surface area contributed by atoms with Gasteiger partial charge in [0.25, 0.3) is 5.56 Å². The number of aromatic amines is 1. The molecule has 0 fully saturated rings. The lowest BCUT2D eigenvalue weighted by Crippen LogP contribution is -2.24. The minimum absolute atomic E-state index is 0.205. The monoisotopic (exact) mass is 321 g/mol. The number of unbranched alkanes of at least 4 members (excludes halogenated alkanes) is 1. The van der Waals surface area contributed by atoms with E-state index in [1.165, 1.54) is 11.3 Å². The molecule has 0 aliphatic carbocycles. The molecule has 0 unspecified atom stereocenters. The van der Waals surface area contributed by atoms with Gasteiger partial charge in [-0.25, -0.2) is 0 Å². The summed E-state index contributed by atoms with van der Waals surface area (Å²) in [6.45, 7) is 8.42. The van der Waals surface area contributed by atoms with Crippen LogP contribution in [0.25, 0.3) is 10.6 Å². The Kier molecular flexibility index (Phi) is 6.54.